The summed E-state index contributed by atoms with van der Waals surface area (Å²) in [5.41, 5.74) is 0.368. The molecule has 1 N–H and O–H groups in total. The van der Waals surface area contributed by atoms with Crippen LogP contribution >= 0.6 is 0 Å². The van der Waals surface area contributed by atoms with Crippen molar-refractivity contribution in [2.24, 2.45) is 0 Å². The largest absolute Gasteiger partial charge is 0.369 e. The Kier molecular flexibility index (Phi) is 5.35. The zero-order valence-electron chi connectivity index (χ0n) is 14.3. The molecule has 2 heteroatoms. The molecule has 2 aromatic carbocycles. The number of rotatable bonds is 3. The fourth-order valence-corrected chi connectivity index (χ4v) is 3.33. The van der Waals surface area contributed by atoms with Crippen molar-refractivity contribution in [2.45, 2.75) is 37.8 Å². The van der Waals surface area contributed by atoms with Gasteiger partial charge in [-0.15, -0.1) is 0 Å². The van der Waals surface area contributed by atoms with Crippen LogP contribution in [0.3, 0.4) is 0 Å². The second-order valence-corrected chi connectivity index (χ2v) is 6.56. The van der Waals surface area contributed by atoms with E-state index in [0.717, 1.165) is 17.7 Å². The van der Waals surface area contributed by atoms with Gasteiger partial charge in [0.25, 0.3) is 0 Å². The first kappa shape index (κ1) is 16.8. The molecule has 1 atom stereocenters. The molecule has 1 aliphatic heterocycles. The average molecular weight is 319 g/mol. The lowest BCUT2D eigenvalue weighted by Gasteiger charge is -2.31. The van der Waals surface area contributed by atoms with Gasteiger partial charge in [-0.3, -0.25) is 4.90 Å². The van der Waals surface area contributed by atoms with Crippen molar-refractivity contribution in [3.8, 4) is 11.8 Å². The zero-order valence-corrected chi connectivity index (χ0v) is 14.3. The topological polar surface area (TPSA) is 23.5 Å². The van der Waals surface area contributed by atoms with E-state index in [4.69, 9.17) is 0 Å². The van der Waals surface area contributed by atoms with Crippen molar-refractivity contribution in [1.82, 2.24) is 4.90 Å². The minimum absolute atomic E-state index is 0.578. The van der Waals surface area contributed by atoms with Gasteiger partial charge in [0.2, 0.25) is 0 Å². The Morgan fingerprint density at radius 1 is 1.00 bits per heavy atom. The highest BCUT2D eigenvalue weighted by Crippen LogP contribution is 2.28. The second-order valence-electron chi connectivity index (χ2n) is 6.56. The maximum absolute atomic E-state index is 11.4. The van der Waals surface area contributed by atoms with Crippen molar-refractivity contribution < 1.29 is 5.11 Å². The number of piperidine rings is 1. The molecule has 3 rings (SSSR count). The zero-order chi connectivity index (χ0) is 16.8. The molecule has 1 heterocycles. The highest BCUT2D eigenvalue weighted by molar-refractivity contribution is 5.44. The highest BCUT2D eigenvalue weighted by Gasteiger charge is 2.29. The standard InChI is InChI=1S/C22H25NO/c1-19-11-8-9-17-23(19)18-10-16-22(24,20-12-4-2-5-13-20)21-14-6-3-7-15-21/h2-7,12-15,19,24H,8-9,11,17-18H2,1H3/t19-/m0/s1. The summed E-state index contributed by atoms with van der Waals surface area (Å²) in [4.78, 5) is 2.41. The van der Waals surface area contributed by atoms with E-state index >= 15 is 0 Å². The molecule has 0 bridgehead atoms. The molecule has 2 aromatic rings. The van der Waals surface area contributed by atoms with Crippen LogP contribution in [0.5, 0.6) is 0 Å². The number of benzene rings is 2. The van der Waals surface area contributed by atoms with E-state index in [2.05, 4.69) is 23.7 Å². The lowest BCUT2D eigenvalue weighted by atomic mass is 9.87. The average Bonchev–Trinajstić information content (AvgIpc) is 2.64. The number of aliphatic hydroxyl groups is 1. The Balaban J connectivity index is 1.88. The Morgan fingerprint density at radius 3 is 2.12 bits per heavy atom. The smallest absolute Gasteiger partial charge is 0.176 e. The Morgan fingerprint density at radius 2 is 1.58 bits per heavy atom. The first-order valence-corrected chi connectivity index (χ1v) is 8.77. The maximum atomic E-state index is 11.4. The Hall–Kier alpha value is -2.08. The van der Waals surface area contributed by atoms with Gasteiger partial charge in [-0.25, -0.2) is 0 Å². The number of nitrogens with zero attached hydrogens (tertiary/aromatic N) is 1. The van der Waals surface area contributed by atoms with Gasteiger partial charge in [0.15, 0.2) is 5.60 Å². The normalized spacial score (nSPS) is 18.7. The molecule has 1 fully saturated rings. The van der Waals surface area contributed by atoms with Gasteiger partial charge in [0.1, 0.15) is 0 Å². The SMILES string of the molecule is C[C@H]1CCCCN1CC#CC(O)(c1ccccc1)c1ccccc1. The van der Waals surface area contributed by atoms with Crippen LogP contribution in [0.1, 0.15) is 37.3 Å². The Labute approximate surface area is 145 Å². The number of hydrogen-bond acceptors (Lipinski definition) is 2. The molecule has 0 spiro atoms. The minimum atomic E-state index is -1.26. The molecule has 24 heavy (non-hydrogen) atoms. The van der Waals surface area contributed by atoms with Crippen LogP contribution in [0, 0.1) is 11.8 Å². The molecule has 2 nitrogen and oxygen atoms in total. The second kappa shape index (κ2) is 7.66. The van der Waals surface area contributed by atoms with Crippen LogP contribution in [0.25, 0.3) is 0 Å². The summed E-state index contributed by atoms with van der Waals surface area (Å²) < 4.78 is 0. The summed E-state index contributed by atoms with van der Waals surface area (Å²) >= 11 is 0. The fraction of sp³-hybridized carbons (Fsp3) is 0.364. The summed E-state index contributed by atoms with van der Waals surface area (Å²) in [5.74, 6) is 6.41. The maximum Gasteiger partial charge on any atom is 0.176 e. The van der Waals surface area contributed by atoms with Crippen LogP contribution < -0.4 is 0 Å². The van der Waals surface area contributed by atoms with E-state index in [9.17, 15) is 5.11 Å². The van der Waals surface area contributed by atoms with Crippen molar-refractivity contribution in [1.29, 1.82) is 0 Å². The molecule has 1 saturated heterocycles. The molecule has 0 aromatic heterocycles. The summed E-state index contributed by atoms with van der Waals surface area (Å²) in [6, 6.07) is 20.0. The van der Waals surface area contributed by atoms with Gasteiger partial charge in [0, 0.05) is 17.2 Å². The summed E-state index contributed by atoms with van der Waals surface area (Å²) in [7, 11) is 0. The summed E-state index contributed by atoms with van der Waals surface area (Å²) in [5, 5.41) is 11.4. The Bertz CT molecular complexity index is 659. The van der Waals surface area contributed by atoms with E-state index in [1.165, 1.54) is 19.3 Å². The summed E-state index contributed by atoms with van der Waals surface area (Å²) in [6.45, 7) is 4.08. The van der Waals surface area contributed by atoms with E-state index in [1.54, 1.807) is 0 Å². The molecule has 0 amide bonds. The molecule has 124 valence electrons. The lowest BCUT2D eigenvalue weighted by Crippen LogP contribution is -2.37. The van der Waals surface area contributed by atoms with Crippen LogP contribution in [-0.4, -0.2) is 29.1 Å². The molecule has 0 radical (unpaired) electrons. The third-order valence-corrected chi connectivity index (χ3v) is 4.88. The molecule has 0 saturated carbocycles. The molecular formula is C22H25NO. The predicted octanol–water partition coefficient (Wildman–Crippen LogP) is 3.80. The third-order valence-electron chi connectivity index (χ3n) is 4.88. The van der Waals surface area contributed by atoms with Gasteiger partial charge in [-0.05, 0) is 26.3 Å². The summed E-state index contributed by atoms with van der Waals surface area (Å²) in [6.07, 6.45) is 3.79. The van der Waals surface area contributed by atoms with Gasteiger partial charge >= 0.3 is 0 Å². The van der Waals surface area contributed by atoms with Crippen molar-refractivity contribution in [2.75, 3.05) is 13.1 Å². The van der Waals surface area contributed by atoms with Gasteiger partial charge < -0.3 is 5.11 Å². The van der Waals surface area contributed by atoms with E-state index < -0.39 is 5.60 Å². The van der Waals surface area contributed by atoms with E-state index in [1.807, 2.05) is 60.7 Å². The predicted molar refractivity (Wildman–Crippen MR) is 98.5 cm³/mol. The third kappa shape index (κ3) is 3.70. The van der Waals surface area contributed by atoms with Gasteiger partial charge in [0.05, 0.1) is 6.54 Å². The quantitative estimate of drug-likeness (QED) is 0.870. The van der Waals surface area contributed by atoms with Crippen LogP contribution in [0.4, 0.5) is 0 Å². The molecule has 1 aliphatic rings. The first-order valence-electron chi connectivity index (χ1n) is 8.77. The van der Waals surface area contributed by atoms with Crippen LogP contribution in [-0.2, 0) is 5.60 Å². The highest BCUT2D eigenvalue weighted by atomic mass is 16.3. The van der Waals surface area contributed by atoms with E-state index in [-0.39, 0.29) is 0 Å². The molecular weight excluding hydrogens is 294 g/mol. The van der Waals surface area contributed by atoms with Gasteiger partial charge in [-0.1, -0.05) is 78.9 Å². The number of hydrogen-bond donors (Lipinski definition) is 1. The van der Waals surface area contributed by atoms with Crippen molar-refractivity contribution in [3.05, 3.63) is 71.8 Å². The van der Waals surface area contributed by atoms with Crippen LogP contribution in [0.2, 0.25) is 0 Å². The lowest BCUT2D eigenvalue weighted by molar-refractivity contribution is 0.144. The molecule has 0 aliphatic carbocycles. The van der Waals surface area contributed by atoms with Crippen molar-refractivity contribution in [3.63, 3.8) is 0 Å². The monoisotopic (exact) mass is 319 g/mol. The van der Waals surface area contributed by atoms with Gasteiger partial charge in [-0.2, -0.15) is 0 Å². The van der Waals surface area contributed by atoms with E-state index in [0.29, 0.717) is 12.6 Å². The fourth-order valence-electron chi connectivity index (χ4n) is 3.33. The van der Waals surface area contributed by atoms with Crippen molar-refractivity contribution >= 4 is 0 Å². The number of likely N-dealkylation sites (tertiary alicyclic amines) is 1. The first-order chi connectivity index (χ1) is 11.7. The minimum Gasteiger partial charge on any atom is -0.369 e. The molecule has 0 unspecified atom stereocenters. The van der Waals surface area contributed by atoms with Crippen LogP contribution in [0.15, 0.2) is 60.7 Å².